The van der Waals surface area contributed by atoms with Gasteiger partial charge in [0.1, 0.15) is 18.0 Å². The SMILES string of the molecule is CSc1cc(C#N)nc(CCC=O)c1. The second-order valence-electron chi connectivity index (χ2n) is 2.70. The predicted octanol–water partition coefficient (Wildman–Crippen LogP) is 1.81. The van der Waals surface area contributed by atoms with Crippen molar-refractivity contribution in [3.05, 3.63) is 23.5 Å². The van der Waals surface area contributed by atoms with Crippen LogP contribution in [-0.4, -0.2) is 17.5 Å². The summed E-state index contributed by atoms with van der Waals surface area (Å²) in [5, 5.41) is 8.72. The maximum Gasteiger partial charge on any atom is 0.141 e. The Morgan fingerprint density at radius 1 is 1.64 bits per heavy atom. The van der Waals surface area contributed by atoms with Crippen LogP contribution in [0.3, 0.4) is 0 Å². The summed E-state index contributed by atoms with van der Waals surface area (Å²) in [6.45, 7) is 0. The van der Waals surface area contributed by atoms with Crippen LogP contribution in [-0.2, 0) is 11.2 Å². The first kappa shape index (κ1) is 10.7. The lowest BCUT2D eigenvalue weighted by Gasteiger charge is -2.01. The van der Waals surface area contributed by atoms with E-state index in [0.717, 1.165) is 16.9 Å². The summed E-state index contributed by atoms with van der Waals surface area (Å²) >= 11 is 1.57. The van der Waals surface area contributed by atoms with E-state index in [1.807, 2.05) is 18.4 Å². The Morgan fingerprint density at radius 3 is 3.00 bits per heavy atom. The molecule has 0 radical (unpaired) electrons. The number of rotatable bonds is 4. The number of pyridine rings is 1. The minimum Gasteiger partial charge on any atom is -0.303 e. The molecule has 1 aromatic heterocycles. The molecule has 4 heteroatoms. The Balaban J connectivity index is 2.93. The standard InChI is InChI=1S/C10H10N2OS/c1-14-10-5-8(3-2-4-13)12-9(6-10)7-11/h4-6H,2-3H2,1H3. The van der Waals surface area contributed by atoms with Gasteiger partial charge in [0.15, 0.2) is 0 Å². The van der Waals surface area contributed by atoms with E-state index in [9.17, 15) is 4.79 Å². The van der Waals surface area contributed by atoms with Crippen LogP contribution in [0.5, 0.6) is 0 Å². The molecule has 0 saturated heterocycles. The van der Waals surface area contributed by atoms with Gasteiger partial charge < -0.3 is 4.79 Å². The van der Waals surface area contributed by atoms with E-state index in [1.165, 1.54) is 0 Å². The second-order valence-corrected chi connectivity index (χ2v) is 3.58. The first-order chi connectivity index (χ1) is 6.80. The highest BCUT2D eigenvalue weighted by Gasteiger charge is 2.01. The molecular weight excluding hydrogens is 196 g/mol. The van der Waals surface area contributed by atoms with Crippen LogP contribution in [0.2, 0.25) is 0 Å². The van der Waals surface area contributed by atoms with Crippen molar-refractivity contribution in [2.45, 2.75) is 17.7 Å². The highest BCUT2D eigenvalue weighted by molar-refractivity contribution is 7.98. The molecule has 0 aliphatic heterocycles. The van der Waals surface area contributed by atoms with Crippen LogP contribution in [0.4, 0.5) is 0 Å². The average molecular weight is 206 g/mol. The van der Waals surface area contributed by atoms with Gasteiger partial charge in [-0.2, -0.15) is 5.26 Å². The van der Waals surface area contributed by atoms with Crippen molar-refractivity contribution in [2.24, 2.45) is 0 Å². The van der Waals surface area contributed by atoms with Crippen molar-refractivity contribution in [1.29, 1.82) is 5.26 Å². The lowest BCUT2D eigenvalue weighted by molar-refractivity contribution is -0.107. The van der Waals surface area contributed by atoms with Gasteiger partial charge in [-0.25, -0.2) is 4.98 Å². The summed E-state index contributed by atoms with van der Waals surface area (Å²) in [5.41, 5.74) is 1.22. The number of hydrogen-bond donors (Lipinski definition) is 0. The van der Waals surface area contributed by atoms with Crippen LogP contribution in [0.15, 0.2) is 17.0 Å². The molecule has 1 rings (SSSR count). The number of carbonyl (C=O) groups excluding carboxylic acids is 1. The third-order valence-corrected chi connectivity index (χ3v) is 2.43. The Kier molecular flexibility index (Phi) is 4.14. The van der Waals surface area contributed by atoms with Gasteiger partial charge >= 0.3 is 0 Å². The third-order valence-electron chi connectivity index (χ3n) is 1.72. The van der Waals surface area contributed by atoms with E-state index in [1.54, 1.807) is 17.8 Å². The summed E-state index contributed by atoms with van der Waals surface area (Å²) in [4.78, 5) is 15.3. The van der Waals surface area contributed by atoms with E-state index >= 15 is 0 Å². The Bertz CT molecular complexity index is 371. The van der Waals surface area contributed by atoms with E-state index in [-0.39, 0.29) is 0 Å². The van der Waals surface area contributed by atoms with E-state index in [2.05, 4.69) is 4.98 Å². The molecule has 0 amide bonds. The van der Waals surface area contributed by atoms with Gasteiger partial charge in [-0.15, -0.1) is 11.8 Å². The zero-order chi connectivity index (χ0) is 10.4. The van der Waals surface area contributed by atoms with Gasteiger partial charge in [-0.3, -0.25) is 0 Å². The molecule has 0 saturated carbocycles. The molecule has 1 aromatic rings. The number of aromatic nitrogens is 1. The molecule has 3 nitrogen and oxygen atoms in total. The molecule has 0 fully saturated rings. The van der Waals surface area contributed by atoms with Crippen LogP contribution in [0.1, 0.15) is 17.8 Å². The molecule has 0 N–H and O–H groups in total. The summed E-state index contributed by atoms with van der Waals surface area (Å²) < 4.78 is 0. The Labute approximate surface area is 87.2 Å². The van der Waals surface area contributed by atoms with Crippen molar-refractivity contribution >= 4 is 18.0 Å². The molecule has 72 valence electrons. The van der Waals surface area contributed by atoms with Crippen molar-refractivity contribution < 1.29 is 4.79 Å². The van der Waals surface area contributed by atoms with Gasteiger partial charge in [-0.1, -0.05) is 0 Å². The van der Waals surface area contributed by atoms with Crippen LogP contribution in [0.25, 0.3) is 0 Å². The number of carbonyl (C=O) groups is 1. The predicted molar refractivity (Wildman–Crippen MR) is 55.1 cm³/mol. The fourth-order valence-electron chi connectivity index (χ4n) is 1.07. The monoisotopic (exact) mass is 206 g/mol. The average Bonchev–Trinajstić information content (AvgIpc) is 2.25. The topological polar surface area (TPSA) is 53.8 Å². The van der Waals surface area contributed by atoms with E-state index in [0.29, 0.717) is 18.5 Å². The highest BCUT2D eigenvalue weighted by atomic mass is 32.2. The van der Waals surface area contributed by atoms with E-state index < -0.39 is 0 Å². The highest BCUT2D eigenvalue weighted by Crippen LogP contribution is 2.17. The smallest absolute Gasteiger partial charge is 0.141 e. The van der Waals surface area contributed by atoms with Gasteiger partial charge in [0, 0.05) is 17.0 Å². The number of aldehydes is 1. The molecule has 14 heavy (non-hydrogen) atoms. The fourth-order valence-corrected chi connectivity index (χ4v) is 1.55. The van der Waals surface area contributed by atoms with Gasteiger partial charge in [0.05, 0.1) is 0 Å². The molecule has 0 spiro atoms. The van der Waals surface area contributed by atoms with Gasteiger partial charge in [-0.05, 0) is 24.8 Å². The minimum absolute atomic E-state index is 0.415. The normalized spacial score (nSPS) is 9.43. The number of hydrogen-bond acceptors (Lipinski definition) is 4. The lowest BCUT2D eigenvalue weighted by Crippen LogP contribution is -1.94. The van der Waals surface area contributed by atoms with Crippen molar-refractivity contribution in [1.82, 2.24) is 4.98 Å². The zero-order valence-electron chi connectivity index (χ0n) is 7.86. The van der Waals surface area contributed by atoms with Crippen molar-refractivity contribution in [2.75, 3.05) is 6.26 Å². The molecule has 1 heterocycles. The maximum atomic E-state index is 10.2. The summed E-state index contributed by atoms with van der Waals surface area (Å²) in [7, 11) is 0. The first-order valence-electron chi connectivity index (χ1n) is 4.19. The largest absolute Gasteiger partial charge is 0.303 e. The Morgan fingerprint density at radius 2 is 2.43 bits per heavy atom. The second kappa shape index (κ2) is 5.40. The summed E-state index contributed by atoms with van der Waals surface area (Å²) in [5.74, 6) is 0. The number of nitriles is 1. The van der Waals surface area contributed by atoms with Crippen molar-refractivity contribution in [3.63, 3.8) is 0 Å². The quantitative estimate of drug-likeness (QED) is 0.557. The lowest BCUT2D eigenvalue weighted by atomic mass is 10.2. The first-order valence-corrected chi connectivity index (χ1v) is 5.41. The number of thioether (sulfide) groups is 1. The van der Waals surface area contributed by atoms with Crippen LogP contribution < -0.4 is 0 Å². The third kappa shape index (κ3) is 2.86. The number of aryl methyl sites for hydroxylation is 1. The zero-order valence-corrected chi connectivity index (χ0v) is 8.67. The number of nitrogens with zero attached hydrogens (tertiary/aromatic N) is 2. The molecule has 0 aromatic carbocycles. The summed E-state index contributed by atoms with van der Waals surface area (Å²) in [6, 6.07) is 5.66. The molecule has 0 atom stereocenters. The minimum atomic E-state index is 0.415. The molecule has 0 bridgehead atoms. The van der Waals surface area contributed by atoms with Crippen LogP contribution in [0, 0.1) is 11.3 Å². The molecule has 0 aliphatic rings. The summed E-state index contributed by atoms with van der Waals surface area (Å²) in [6.07, 6.45) is 3.86. The van der Waals surface area contributed by atoms with E-state index in [4.69, 9.17) is 5.26 Å². The van der Waals surface area contributed by atoms with Gasteiger partial charge in [0.2, 0.25) is 0 Å². The van der Waals surface area contributed by atoms with Crippen molar-refractivity contribution in [3.8, 4) is 6.07 Å². The molecular formula is C10H10N2OS. The maximum absolute atomic E-state index is 10.2. The molecule has 0 aliphatic carbocycles. The Hall–Kier alpha value is -1.34. The van der Waals surface area contributed by atoms with Crippen LogP contribution >= 0.6 is 11.8 Å². The van der Waals surface area contributed by atoms with Gasteiger partial charge in [0.25, 0.3) is 0 Å². The molecule has 0 unspecified atom stereocenters. The fraction of sp³-hybridized carbons (Fsp3) is 0.300.